The van der Waals surface area contributed by atoms with Crippen LogP contribution in [0.2, 0.25) is 0 Å². The molecule has 0 spiro atoms. The molecule has 0 radical (unpaired) electrons. The van der Waals surface area contributed by atoms with Crippen LogP contribution in [0.25, 0.3) is 0 Å². The molecule has 0 amide bonds. The SMILES string of the molecule is CN(C)/N=C/C1(O)CC[C@@]2(O)[C@@H]3CCC4CC(O)CC[C@]4(C)[C@@H]3CC[C@]12C. The molecule has 4 fully saturated rings. The Labute approximate surface area is 163 Å². The molecule has 5 heteroatoms. The zero-order valence-corrected chi connectivity index (χ0v) is 17.5. The summed E-state index contributed by atoms with van der Waals surface area (Å²) >= 11 is 0. The molecule has 0 aromatic heterocycles. The summed E-state index contributed by atoms with van der Waals surface area (Å²) in [5.74, 6) is 1.32. The first kappa shape index (κ1) is 19.7. The molecule has 4 aliphatic carbocycles. The molecule has 0 heterocycles. The normalized spacial score (nSPS) is 55.1. The fraction of sp³-hybridized carbons (Fsp3) is 0.955. The molecule has 4 saturated carbocycles. The lowest BCUT2D eigenvalue weighted by molar-refractivity contribution is -0.223. The molecule has 0 bridgehead atoms. The van der Waals surface area contributed by atoms with E-state index in [0.29, 0.717) is 24.7 Å². The fourth-order valence-electron chi connectivity index (χ4n) is 7.67. The maximum absolute atomic E-state index is 12.0. The average molecular weight is 379 g/mol. The van der Waals surface area contributed by atoms with Gasteiger partial charge in [0.1, 0.15) is 5.60 Å². The van der Waals surface area contributed by atoms with Gasteiger partial charge in [0.2, 0.25) is 0 Å². The Kier molecular flexibility index (Phi) is 4.49. The Bertz CT molecular complexity index is 625. The van der Waals surface area contributed by atoms with E-state index in [1.807, 2.05) is 14.1 Å². The Morgan fingerprint density at radius 1 is 0.926 bits per heavy atom. The lowest BCUT2D eigenvalue weighted by Gasteiger charge is -2.64. The van der Waals surface area contributed by atoms with Crippen molar-refractivity contribution in [2.75, 3.05) is 14.1 Å². The Balaban J connectivity index is 1.66. The summed E-state index contributed by atoms with van der Waals surface area (Å²) in [5, 5.41) is 39.8. The minimum atomic E-state index is -1.04. The van der Waals surface area contributed by atoms with E-state index < -0.39 is 16.6 Å². The highest BCUT2D eigenvalue weighted by atomic mass is 16.3. The first-order valence-electron chi connectivity index (χ1n) is 10.9. The molecule has 3 N–H and O–H groups in total. The highest BCUT2D eigenvalue weighted by Gasteiger charge is 2.71. The summed E-state index contributed by atoms with van der Waals surface area (Å²) in [5.41, 5.74) is -2.19. The second-order valence-corrected chi connectivity index (χ2v) is 10.7. The van der Waals surface area contributed by atoms with Gasteiger partial charge in [0.05, 0.1) is 17.9 Å². The van der Waals surface area contributed by atoms with E-state index in [0.717, 1.165) is 44.9 Å². The third kappa shape index (κ3) is 2.57. The van der Waals surface area contributed by atoms with Crippen LogP contribution in [-0.2, 0) is 0 Å². The largest absolute Gasteiger partial charge is 0.393 e. The molecule has 3 unspecified atom stereocenters. The van der Waals surface area contributed by atoms with Gasteiger partial charge in [-0.2, -0.15) is 5.10 Å². The van der Waals surface area contributed by atoms with Crippen molar-refractivity contribution in [2.24, 2.45) is 33.7 Å². The summed E-state index contributed by atoms with van der Waals surface area (Å²) in [6.07, 6.45) is 9.69. The van der Waals surface area contributed by atoms with Crippen molar-refractivity contribution in [1.29, 1.82) is 0 Å². The van der Waals surface area contributed by atoms with Crippen molar-refractivity contribution < 1.29 is 15.3 Å². The van der Waals surface area contributed by atoms with Crippen LogP contribution in [0, 0.1) is 28.6 Å². The van der Waals surface area contributed by atoms with Gasteiger partial charge in [-0.05, 0) is 81.0 Å². The zero-order chi connectivity index (χ0) is 19.7. The average Bonchev–Trinajstić information content (AvgIpc) is 2.82. The van der Waals surface area contributed by atoms with E-state index in [-0.39, 0.29) is 17.4 Å². The second kappa shape index (κ2) is 6.17. The summed E-state index contributed by atoms with van der Waals surface area (Å²) in [7, 11) is 3.72. The van der Waals surface area contributed by atoms with Crippen LogP contribution in [0.1, 0.15) is 71.6 Å². The number of hydrazone groups is 1. The minimum absolute atomic E-state index is 0.143. The molecule has 4 rings (SSSR count). The van der Waals surface area contributed by atoms with Gasteiger partial charge < -0.3 is 20.3 Å². The molecule has 0 saturated heterocycles. The van der Waals surface area contributed by atoms with Crippen LogP contribution in [0.4, 0.5) is 0 Å². The third-order valence-corrected chi connectivity index (χ3v) is 9.53. The molecule has 0 aromatic carbocycles. The van der Waals surface area contributed by atoms with Gasteiger partial charge in [0, 0.05) is 19.5 Å². The number of fused-ring (bicyclic) bond motifs is 5. The highest BCUT2D eigenvalue weighted by molar-refractivity contribution is 5.71. The fourth-order valence-corrected chi connectivity index (χ4v) is 7.67. The smallest absolute Gasteiger partial charge is 0.110 e. The van der Waals surface area contributed by atoms with E-state index in [9.17, 15) is 15.3 Å². The Morgan fingerprint density at radius 3 is 2.37 bits per heavy atom. The standard InChI is InChI=1S/C22H38N2O3/c1-19-9-7-16(25)13-15(19)5-6-18-17(19)8-10-20(2)21(26,14-23-24(3)4)11-12-22(18,20)27/h14-18,25-27H,5-13H2,1-4H3/b23-14+/t15?,16?,17-,18-,19+,20-,21?,22-/m1/s1. The van der Waals surface area contributed by atoms with Gasteiger partial charge >= 0.3 is 0 Å². The van der Waals surface area contributed by atoms with Crippen molar-refractivity contribution >= 4 is 6.21 Å². The lowest BCUT2D eigenvalue weighted by Crippen LogP contribution is -2.65. The molecule has 27 heavy (non-hydrogen) atoms. The van der Waals surface area contributed by atoms with Crippen LogP contribution in [0.15, 0.2) is 5.10 Å². The van der Waals surface area contributed by atoms with Crippen LogP contribution < -0.4 is 0 Å². The van der Waals surface area contributed by atoms with Crippen LogP contribution in [-0.4, -0.2) is 57.9 Å². The molecule has 0 aliphatic heterocycles. The quantitative estimate of drug-likeness (QED) is 0.510. The molecular formula is C22H38N2O3. The van der Waals surface area contributed by atoms with E-state index >= 15 is 0 Å². The lowest BCUT2D eigenvalue weighted by atomic mass is 9.43. The van der Waals surface area contributed by atoms with Gasteiger partial charge in [-0.1, -0.05) is 13.8 Å². The maximum Gasteiger partial charge on any atom is 0.110 e. The summed E-state index contributed by atoms with van der Waals surface area (Å²) < 4.78 is 0. The van der Waals surface area contributed by atoms with Crippen molar-refractivity contribution in [3.63, 3.8) is 0 Å². The van der Waals surface area contributed by atoms with Gasteiger partial charge in [-0.3, -0.25) is 0 Å². The predicted octanol–water partition coefficient (Wildman–Crippen LogP) is 2.78. The van der Waals surface area contributed by atoms with Crippen molar-refractivity contribution in [1.82, 2.24) is 5.01 Å². The number of rotatable bonds is 2. The van der Waals surface area contributed by atoms with Gasteiger partial charge in [-0.15, -0.1) is 0 Å². The van der Waals surface area contributed by atoms with Crippen LogP contribution in [0.5, 0.6) is 0 Å². The number of aliphatic hydroxyl groups is 3. The van der Waals surface area contributed by atoms with Crippen molar-refractivity contribution in [3.8, 4) is 0 Å². The number of hydrogen-bond acceptors (Lipinski definition) is 5. The number of nitrogens with zero attached hydrogens (tertiary/aromatic N) is 2. The van der Waals surface area contributed by atoms with Gasteiger partial charge in [0.25, 0.3) is 0 Å². The maximum atomic E-state index is 12.0. The van der Waals surface area contributed by atoms with Crippen LogP contribution in [0.3, 0.4) is 0 Å². The van der Waals surface area contributed by atoms with E-state index in [1.165, 1.54) is 0 Å². The topological polar surface area (TPSA) is 76.3 Å². The minimum Gasteiger partial charge on any atom is -0.393 e. The predicted molar refractivity (Wildman–Crippen MR) is 106 cm³/mol. The molecule has 5 nitrogen and oxygen atoms in total. The Morgan fingerprint density at radius 2 is 1.67 bits per heavy atom. The molecule has 154 valence electrons. The van der Waals surface area contributed by atoms with Gasteiger partial charge in [0.15, 0.2) is 0 Å². The van der Waals surface area contributed by atoms with Gasteiger partial charge in [-0.25, -0.2) is 0 Å². The zero-order valence-electron chi connectivity index (χ0n) is 17.5. The van der Waals surface area contributed by atoms with E-state index in [4.69, 9.17) is 0 Å². The van der Waals surface area contributed by atoms with E-state index in [2.05, 4.69) is 18.9 Å². The number of aliphatic hydroxyl groups excluding tert-OH is 1. The summed E-state index contributed by atoms with van der Waals surface area (Å²) in [4.78, 5) is 0. The van der Waals surface area contributed by atoms with E-state index in [1.54, 1.807) is 11.2 Å². The number of hydrogen-bond donors (Lipinski definition) is 3. The summed E-state index contributed by atoms with van der Waals surface area (Å²) in [6, 6.07) is 0. The summed E-state index contributed by atoms with van der Waals surface area (Å²) in [6.45, 7) is 4.51. The van der Waals surface area contributed by atoms with Crippen molar-refractivity contribution in [3.05, 3.63) is 0 Å². The van der Waals surface area contributed by atoms with Crippen LogP contribution >= 0.6 is 0 Å². The van der Waals surface area contributed by atoms with Crippen molar-refractivity contribution in [2.45, 2.75) is 88.9 Å². The highest BCUT2D eigenvalue weighted by Crippen LogP contribution is 2.69. The molecule has 4 aliphatic rings. The first-order valence-corrected chi connectivity index (χ1v) is 10.9. The molecular weight excluding hydrogens is 340 g/mol. The molecule has 0 aromatic rings. The third-order valence-electron chi connectivity index (χ3n) is 9.53. The molecule has 8 atom stereocenters. The second-order valence-electron chi connectivity index (χ2n) is 10.7. The Hall–Kier alpha value is -0.650. The monoisotopic (exact) mass is 378 g/mol. The first-order chi connectivity index (χ1) is 12.6.